The van der Waals surface area contributed by atoms with Crippen molar-refractivity contribution in [2.45, 2.75) is 58.0 Å². The molecule has 4 rings (SSSR count). The summed E-state index contributed by atoms with van der Waals surface area (Å²) in [7, 11) is 0. The number of hydrogen-bond acceptors (Lipinski definition) is 1. The van der Waals surface area contributed by atoms with Crippen molar-refractivity contribution in [1.82, 2.24) is 9.88 Å². The summed E-state index contributed by atoms with van der Waals surface area (Å²) in [5.41, 5.74) is 2.19. The summed E-state index contributed by atoms with van der Waals surface area (Å²) in [4.78, 5) is 13.2. The maximum atomic E-state index is 13.2. The molecule has 0 radical (unpaired) electrons. The predicted octanol–water partition coefficient (Wildman–Crippen LogP) is 6.69. The third kappa shape index (κ3) is 5.39. The van der Waals surface area contributed by atoms with Gasteiger partial charge < -0.3 is 9.88 Å². The Morgan fingerprint density at radius 3 is 2.09 bits per heavy atom. The number of benzene rings is 2. The minimum absolute atomic E-state index is 0.0897. The monoisotopic (exact) mass is 494 g/mol. The van der Waals surface area contributed by atoms with E-state index in [1.807, 2.05) is 6.92 Å². The van der Waals surface area contributed by atoms with Crippen LogP contribution < -0.4 is 5.32 Å². The standard InChI is InChI=1S/C26H24F6N2O/c1-16-21-10-2-3-11-22(21)34(15-18-7-5-9-20(13-18)26(30,31)32)23(16)24(35)33-14-17-6-4-8-19(12-17)25(27,28)29/h4-9,12-13H,2-3,10-11,14-15H2,1H3,(H,33,35). The zero-order chi connectivity index (χ0) is 25.4. The SMILES string of the molecule is Cc1c2c(n(Cc3cccc(C(F)(F)F)c3)c1C(=O)NCc1cccc(C(F)(F)F)c1)CCCC2. The second kappa shape index (κ2) is 9.43. The molecule has 9 heteroatoms. The van der Waals surface area contributed by atoms with Crippen LogP contribution in [0.5, 0.6) is 0 Å². The molecule has 0 saturated carbocycles. The Bertz CT molecular complexity index is 1240. The number of rotatable bonds is 5. The Balaban J connectivity index is 1.64. The molecule has 2 aromatic carbocycles. The Hall–Kier alpha value is -3.23. The van der Waals surface area contributed by atoms with Crippen molar-refractivity contribution < 1.29 is 31.1 Å². The van der Waals surface area contributed by atoms with Crippen molar-refractivity contribution in [3.63, 3.8) is 0 Å². The lowest BCUT2D eigenvalue weighted by atomic mass is 9.95. The number of hydrogen-bond donors (Lipinski definition) is 1. The Morgan fingerprint density at radius 2 is 1.46 bits per heavy atom. The first-order chi connectivity index (χ1) is 16.4. The number of nitrogens with one attached hydrogen (secondary N) is 1. The van der Waals surface area contributed by atoms with Crippen LogP contribution in [0.3, 0.4) is 0 Å². The van der Waals surface area contributed by atoms with Gasteiger partial charge in [0.2, 0.25) is 0 Å². The molecule has 3 nitrogen and oxygen atoms in total. The van der Waals surface area contributed by atoms with Gasteiger partial charge in [-0.05, 0) is 79.1 Å². The van der Waals surface area contributed by atoms with E-state index in [1.165, 1.54) is 18.2 Å². The lowest BCUT2D eigenvalue weighted by molar-refractivity contribution is -0.138. The highest BCUT2D eigenvalue weighted by atomic mass is 19.4. The van der Waals surface area contributed by atoms with E-state index in [0.29, 0.717) is 23.2 Å². The molecule has 0 aliphatic heterocycles. The van der Waals surface area contributed by atoms with Crippen molar-refractivity contribution in [1.29, 1.82) is 0 Å². The molecular weight excluding hydrogens is 470 g/mol. The Labute approximate surface area is 198 Å². The summed E-state index contributed by atoms with van der Waals surface area (Å²) in [6.07, 6.45) is -5.64. The van der Waals surface area contributed by atoms with E-state index in [9.17, 15) is 31.1 Å². The van der Waals surface area contributed by atoms with E-state index in [-0.39, 0.29) is 13.1 Å². The van der Waals surface area contributed by atoms with E-state index in [0.717, 1.165) is 60.3 Å². The largest absolute Gasteiger partial charge is 0.416 e. The van der Waals surface area contributed by atoms with Gasteiger partial charge >= 0.3 is 12.4 Å². The number of carbonyl (C=O) groups is 1. The predicted molar refractivity (Wildman–Crippen MR) is 119 cm³/mol. The maximum absolute atomic E-state index is 13.2. The number of alkyl halides is 6. The average Bonchev–Trinajstić information content (AvgIpc) is 3.08. The van der Waals surface area contributed by atoms with E-state index in [2.05, 4.69) is 5.32 Å². The van der Waals surface area contributed by atoms with Gasteiger partial charge in [0.15, 0.2) is 0 Å². The highest BCUT2D eigenvalue weighted by molar-refractivity contribution is 5.95. The zero-order valence-electron chi connectivity index (χ0n) is 19.0. The van der Waals surface area contributed by atoms with E-state index in [1.54, 1.807) is 10.6 Å². The molecule has 1 amide bonds. The first-order valence-electron chi connectivity index (χ1n) is 11.3. The van der Waals surface area contributed by atoms with Crippen LogP contribution in [0, 0.1) is 6.92 Å². The minimum Gasteiger partial charge on any atom is -0.347 e. The molecule has 0 spiro atoms. The number of fused-ring (bicyclic) bond motifs is 1. The summed E-state index contributed by atoms with van der Waals surface area (Å²) in [6.45, 7) is 1.79. The molecule has 0 fully saturated rings. The molecule has 0 unspecified atom stereocenters. The lowest BCUT2D eigenvalue weighted by Crippen LogP contribution is -2.27. The van der Waals surface area contributed by atoms with Crippen LogP contribution in [0.25, 0.3) is 0 Å². The average molecular weight is 494 g/mol. The number of amides is 1. The van der Waals surface area contributed by atoms with Crippen molar-refractivity contribution in [3.8, 4) is 0 Å². The normalized spacial score (nSPS) is 14.0. The summed E-state index contributed by atoms with van der Waals surface area (Å²) in [5.74, 6) is -0.471. The summed E-state index contributed by atoms with van der Waals surface area (Å²) >= 11 is 0. The van der Waals surface area contributed by atoms with Gasteiger partial charge in [-0.15, -0.1) is 0 Å². The summed E-state index contributed by atoms with van der Waals surface area (Å²) < 4.78 is 80.5. The molecule has 186 valence electrons. The Kier molecular flexibility index (Phi) is 6.71. The molecule has 1 aromatic heterocycles. The van der Waals surface area contributed by atoms with Crippen molar-refractivity contribution >= 4 is 5.91 Å². The number of carbonyl (C=O) groups excluding carboxylic acids is 1. The van der Waals surface area contributed by atoms with Gasteiger partial charge in [-0.2, -0.15) is 26.3 Å². The van der Waals surface area contributed by atoms with Gasteiger partial charge in [0, 0.05) is 18.8 Å². The first kappa shape index (κ1) is 24.9. The van der Waals surface area contributed by atoms with Crippen LogP contribution >= 0.6 is 0 Å². The maximum Gasteiger partial charge on any atom is 0.416 e. The van der Waals surface area contributed by atoms with Gasteiger partial charge in [0.05, 0.1) is 11.1 Å². The topological polar surface area (TPSA) is 34.0 Å². The Morgan fingerprint density at radius 1 is 0.886 bits per heavy atom. The molecule has 3 aromatic rings. The van der Waals surface area contributed by atoms with Gasteiger partial charge in [0.1, 0.15) is 5.69 Å². The molecule has 35 heavy (non-hydrogen) atoms. The number of halogens is 6. The fourth-order valence-corrected chi connectivity index (χ4v) is 4.69. The fraction of sp³-hybridized carbons (Fsp3) is 0.346. The number of aromatic nitrogens is 1. The van der Waals surface area contributed by atoms with Gasteiger partial charge in [-0.25, -0.2) is 0 Å². The quantitative estimate of drug-likeness (QED) is 0.394. The molecule has 0 atom stereocenters. The lowest BCUT2D eigenvalue weighted by Gasteiger charge is -2.18. The summed E-state index contributed by atoms with van der Waals surface area (Å²) in [6, 6.07) is 9.74. The van der Waals surface area contributed by atoms with Crippen LogP contribution in [0.2, 0.25) is 0 Å². The molecular formula is C26H24F6N2O. The van der Waals surface area contributed by atoms with Crippen molar-refractivity contribution in [2.75, 3.05) is 0 Å². The third-order valence-electron chi connectivity index (χ3n) is 6.36. The van der Waals surface area contributed by atoms with Crippen LogP contribution in [0.4, 0.5) is 26.3 Å². The second-order valence-corrected chi connectivity index (χ2v) is 8.77. The van der Waals surface area contributed by atoms with Gasteiger partial charge in [-0.1, -0.05) is 24.3 Å². The van der Waals surface area contributed by atoms with Crippen LogP contribution in [0.15, 0.2) is 48.5 Å². The summed E-state index contributed by atoms with van der Waals surface area (Å²) in [5, 5.41) is 2.70. The van der Waals surface area contributed by atoms with Crippen LogP contribution in [-0.2, 0) is 38.3 Å². The highest BCUT2D eigenvalue weighted by Gasteiger charge is 2.32. The minimum atomic E-state index is -4.49. The molecule has 1 aliphatic carbocycles. The molecule has 1 aliphatic rings. The second-order valence-electron chi connectivity index (χ2n) is 8.77. The number of nitrogens with zero attached hydrogens (tertiary/aromatic N) is 1. The van der Waals surface area contributed by atoms with E-state index >= 15 is 0 Å². The highest BCUT2D eigenvalue weighted by Crippen LogP contribution is 2.33. The third-order valence-corrected chi connectivity index (χ3v) is 6.36. The van der Waals surface area contributed by atoms with Crippen LogP contribution in [-0.4, -0.2) is 10.5 Å². The van der Waals surface area contributed by atoms with Gasteiger partial charge in [-0.3, -0.25) is 4.79 Å². The fourth-order valence-electron chi connectivity index (χ4n) is 4.69. The van der Waals surface area contributed by atoms with Crippen molar-refractivity contribution in [3.05, 3.63) is 93.3 Å². The van der Waals surface area contributed by atoms with E-state index < -0.39 is 29.4 Å². The molecule has 1 N–H and O–H groups in total. The van der Waals surface area contributed by atoms with Crippen molar-refractivity contribution in [2.24, 2.45) is 0 Å². The molecule has 0 saturated heterocycles. The van der Waals surface area contributed by atoms with E-state index in [4.69, 9.17) is 0 Å². The van der Waals surface area contributed by atoms with Gasteiger partial charge in [0.25, 0.3) is 5.91 Å². The molecule has 1 heterocycles. The first-order valence-corrected chi connectivity index (χ1v) is 11.3. The zero-order valence-corrected chi connectivity index (χ0v) is 19.0. The van der Waals surface area contributed by atoms with Crippen LogP contribution in [0.1, 0.15) is 62.4 Å². The smallest absolute Gasteiger partial charge is 0.347 e. The molecule has 0 bridgehead atoms.